The first kappa shape index (κ1) is 20.0. The SMILES string of the molecule is Cc1cccc(N2C(=O)C(=C3Sc4ccccc4N3C)SC2=Nc2ccccc2C)c1. The van der Waals surface area contributed by atoms with Gasteiger partial charge in [0.15, 0.2) is 5.17 Å². The average molecular weight is 444 g/mol. The number of carbonyl (C=O) groups excluding carboxylic acids is 1. The van der Waals surface area contributed by atoms with Gasteiger partial charge >= 0.3 is 0 Å². The summed E-state index contributed by atoms with van der Waals surface area (Å²) in [5.41, 5.74) is 5.01. The van der Waals surface area contributed by atoms with Crippen molar-refractivity contribution in [3.63, 3.8) is 0 Å². The van der Waals surface area contributed by atoms with E-state index in [1.165, 1.54) is 11.8 Å². The number of amidine groups is 1. The molecule has 0 bridgehead atoms. The fraction of sp³-hybridized carbons (Fsp3) is 0.120. The molecule has 0 aromatic heterocycles. The molecule has 0 unspecified atom stereocenters. The topological polar surface area (TPSA) is 35.9 Å². The molecule has 4 nitrogen and oxygen atoms in total. The molecule has 0 saturated carbocycles. The molecular weight excluding hydrogens is 422 g/mol. The van der Waals surface area contributed by atoms with Crippen molar-refractivity contribution in [3.05, 3.63) is 93.9 Å². The predicted octanol–water partition coefficient (Wildman–Crippen LogP) is 6.48. The maximum absolute atomic E-state index is 13.7. The van der Waals surface area contributed by atoms with Crippen LogP contribution in [0.2, 0.25) is 0 Å². The van der Waals surface area contributed by atoms with E-state index in [2.05, 4.69) is 17.0 Å². The Bertz CT molecular complexity index is 1260. The zero-order valence-electron chi connectivity index (χ0n) is 17.5. The van der Waals surface area contributed by atoms with Crippen molar-refractivity contribution in [2.45, 2.75) is 18.7 Å². The molecule has 0 N–H and O–H groups in total. The van der Waals surface area contributed by atoms with Crippen LogP contribution in [0.15, 0.2) is 92.6 Å². The van der Waals surface area contributed by atoms with Gasteiger partial charge in [0.1, 0.15) is 4.91 Å². The average Bonchev–Trinajstić information content (AvgIpc) is 3.26. The van der Waals surface area contributed by atoms with Crippen molar-refractivity contribution < 1.29 is 4.79 Å². The van der Waals surface area contributed by atoms with Crippen molar-refractivity contribution in [1.29, 1.82) is 0 Å². The van der Waals surface area contributed by atoms with Gasteiger partial charge in [-0.05, 0) is 67.1 Å². The minimum atomic E-state index is -0.0370. The number of anilines is 2. The summed E-state index contributed by atoms with van der Waals surface area (Å²) in [5.74, 6) is -0.0370. The van der Waals surface area contributed by atoms with Gasteiger partial charge in [0.25, 0.3) is 5.91 Å². The molecule has 1 saturated heterocycles. The van der Waals surface area contributed by atoms with Crippen LogP contribution in [0.5, 0.6) is 0 Å². The molecule has 0 atom stereocenters. The Labute approximate surface area is 190 Å². The normalized spacial score (nSPS) is 19.5. The molecule has 154 valence electrons. The van der Waals surface area contributed by atoms with Crippen molar-refractivity contribution in [2.24, 2.45) is 4.99 Å². The Hall–Kier alpha value is -2.96. The first-order valence-electron chi connectivity index (χ1n) is 10.0. The predicted molar refractivity (Wildman–Crippen MR) is 132 cm³/mol. The Morgan fingerprint density at radius 2 is 1.65 bits per heavy atom. The van der Waals surface area contributed by atoms with Gasteiger partial charge in [-0.1, -0.05) is 54.2 Å². The molecule has 0 spiro atoms. The number of fused-ring (bicyclic) bond motifs is 1. The standard InChI is InChI=1S/C25H21N3OS2/c1-16-9-8-11-18(15-16)28-23(29)22(24-27(3)20-13-6-7-14-21(20)30-24)31-25(28)26-19-12-5-4-10-17(19)2/h4-15H,1-3H3. The largest absolute Gasteiger partial charge is 0.337 e. The highest BCUT2D eigenvalue weighted by Crippen LogP contribution is 2.50. The lowest BCUT2D eigenvalue weighted by atomic mass is 10.2. The number of carbonyl (C=O) groups is 1. The number of aryl methyl sites for hydroxylation is 2. The highest BCUT2D eigenvalue weighted by molar-refractivity contribution is 8.20. The fourth-order valence-electron chi connectivity index (χ4n) is 3.66. The van der Waals surface area contributed by atoms with E-state index in [0.717, 1.165) is 38.1 Å². The van der Waals surface area contributed by atoms with Crippen LogP contribution >= 0.6 is 23.5 Å². The van der Waals surface area contributed by atoms with Crippen LogP contribution in [0.4, 0.5) is 17.1 Å². The van der Waals surface area contributed by atoms with Crippen LogP contribution < -0.4 is 9.80 Å². The van der Waals surface area contributed by atoms with Gasteiger partial charge in [0.2, 0.25) is 0 Å². The van der Waals surface area contributed by atoms with Gasteiger partial charge in [-0.2, -0.15) is 0 Å². The molecule has 3 aromatic rings. The van der Waals surface area contributed by atoms with Gasteiger partial charge < -0.3 is 4.90 Å². The molecular formula is C25H21N3OS2. The number of nitrogens with zero attached hydrogens (tertiary/aromatic N) is 3. The monoisotopic (exact) mass is 443 g/mol. The van der Waals surface area contributed by atoms with E-state index in [1.54, 1.807) is 16.7 Å². The van der Waals surface area contributed by atoms with Crippen LogP contribution in [-0.4, -0.2) is 18.1 Å². The van der Waals surface area contributed by atoms with Crippen molar-refractivity contribution in [3.8, 4) is 0 Å². The first-order chi connectivity index (χ1) is 15.0. The maximum atomic E-state index is 13.7. The second-order valence-corrected chi connectivity index (χ2v) is 9.53. The second-order valence-electron chi connectivity index (χ2n) is 7.53. The molecule has 2 heterocycles. The molecule has 1 fully saturated rings. The van der Waals surface area contributed by atoms with E-state index in [1.807, 2.05) is 81.6 Å². The third kappa shape index (κ3) is 3.56. The van der Waals surface area contributed by atoms with Gasteiger partial charge in [-0.25, -0.2) is 4.99 Å². The third-order valence-corrected chi connectivity index (χ3v) is 7.70. The van der Waals surface area contributed by atoms with Crippen LogP contribution in [0.3, 0.4) is 0 Å². The Kier molecular flexibility index (Phi) is 5.12. The molecule has 2 aliphatic rings. The summed E-state index contributed by atoms with van der Waals surface area (Å²) in [6.45, 7) is 4.07. The second kappa shape index (κ2) is 7.94. The zero-order valence-corrected chi connectivity index (χ0v) is 19.1. The highest BCUT2D eigenvalue weighted by Gasteiger charge is 2.40. The number of benzene rings is 3. The summed E-state index contributed by atoms with van der Waals surface area (Å²) in [5, 5.41) is 1.63. The molecule has 1 amide bonds. The zero-order chi connectivity index (χ0) is 21.5. The van der Waals surface area contributed by atoms with Crippen molar-refractivity contribution in [2.75, 3.05) is 16.8 Å². The minimum absolute atomic E-state index is 0.0370. The van der Waals surface area contributed by atoms with Gasteiger partial charge in [0.05, 0.1) is 22.1 Å². The summed E-state index contributed by atoms with van der Waals surface area (Å²) in [7, 11) is 2.02. The Morgan fingerprint density at radius 3 is 2.42 bits per heavy atom. The van der Waals surface area contributed by atoms with Gasteiger partial charge in [-0.3, -0.25) is 9.69 Å². The third-order valence-electron chi connectivity index (χ3n) is 5.31. The lowest BCUT2D eigenvalue weighted by Gasteiger charge is -2.17. The van der Waals surface area contributed by atoms with Crippen molar-refractivity contribution >= 4 is 51.7 Å². The fourth-order valence-corrected chi connectivity index (χ4v) is 6.00. The number of hydrogen-bond donors (Lipinski definition) is 0. The maximum Gasteiger partial charge on any atom is 0.274 e. The summed E-state index contributed by atoms with van der Waals surface area (Å²) in [6.07, 6.45) is 0. The summed E-state index contributed by atoms with van der Waals surface area (Å²) in [4.78, 5) is 24.3. The van der Waals surface area contributed by atoms with E-state index in [4.69, 9.17) is 4.99 Å². The lowest BCUT2D eigenvalue weighted by Crippen LogP contribution is -2.29. The van der Waals surface area contributed by atoms with Gasteiger partial charge in [0, 0.05) is 11.9 Å². The lowest BCUT2D eigenvalue weighted by molar-refractivity contribution is -0.113. The molecule has 5 rings (SSSR count). The molecule has 31 heavy (non-hydrogen) atoms. The summed E-state index contributed by atoms with van der Waals surface area (Å²) in [6, 6.07) is 24.2. The summed E-state index contributed by atoms with van der Waals surface area (Å²) >= 11 is 3.09. The number of thioether (sulfide) groups is 2. The smallest absolute Gasteiger partial charge is 0.274 e. The number of aliphatic imine (C=N–C) groups is 1. The van der Waals surface area contributed by atoms with E-state index < -0.39 is 0 Å². The molecule has 0 radical (unpaired) electrons. The van der Waals surface area contributed by atoms with Crippen LogP contribution in [0.25, 0.3) is 0 Å². The minimum Gasteiger partial charge on any atom is -0.337 e. The quantitative estimate of drug-likeness (QED) is 0.425. The molecule has 2 aliphatic heterocycles. The van der Waals surface area contributed by atoms with E-state index in [9.17, 15) is 4.79 Å². The molecule has 6 heteroatoms. The number of amides is 1. The van der Waals surface area contributed by atoms with Crippen LogP contribution in [-0.2, 0) is 4.79 Å². The van der Waals surface area contributed by atoms with E-state index in [-0.39, 0.29) is 5.91 Å². The number of hydrogen-bond acceptors (Lipinski definition) is 5. The van der Waals surface area contributed by atoms with Crippen LogP contribution in [0.1, 0.15) is 11.1 Å². The van der Waals surface area contributed by atoms with Crippen LogP contribution in [0, 0.1) is 13.8 Å². The van der Waals surface area contributed by atoms with Gasteiger partial charge in [-0.15, -0.1) is 0 Å². The number of rotatable bonds is 2. The summed E-state index contributed by atoms with van der Waals surface area (Å²) < 4.78 is 0. The first-order valence-corrected chi connectivity index (χ1v) is 11.6. The number of para-hydroxylation sites is 2. The van der Waals surface area contributed by atoms with E-state index >= 15 is 0 Å². The highest BCUT2D eigenvalue weighted by atomic mass is 32.2. The Balaban J connectivity index is 1.64. The van der Waals surface area contributed by atoms with E-state index in [0.29, 0.717) is 10.1 Å². The van der Waals surface area contributed by atoms with Crippen molar-refractivity contribution in [1.82, 2.24) is 0 Å². The molecule has 0 aliphatic carbocycles. The molecule has 3 aromatic carbocycles. The Morgan fingerprint density at radius 1 is 0.871 bits per heavy atom.